The molecular weight excluding hydrogens is 388 g/mol. The molecule has 0 unspecified atom stereocenters. The number of amides is 1. The van der Waals surface area contributed by atoms with Gasteiger partial charge in [-0.15, -0.1) is 0 Å². The molecule has 0 bridgehead atoms. The first-order chi connectivity index (χ1) is 13.1. The Kier molecular flexibility index (Phi) is 5.30. The lowest BCUT2D eigenvalue weighted by Gasteiger charge is -2.27. The van der Waals surface area contributed by atoms with E-state index in [9.17, 15) is 28.5 Å². The second-order valence-electron chi connectivity index (χ2n) is 6.56. The molecular formula is C17H22N4O6S. The molecule has 0 saturated heterocycles. The lowest BCUT2D eigenvalue weighted by molar-refractivity contribution is -0.305. The van der Waals surface area contributed by atoms with E-state index in [1.807, 2.05) is 12.1 Å². The highest BCUT2D eigenvalue weighted by Gasteiger charge is 2.34. The van der Waals surface area contributed by atoms with Crippen LogP contribution >= 0.6 is 0 Å². The number of pyridine rings is 1. The zero-order chi connectivity index (χ0) is 20.7. The van der Waals surface area contributed by atoms with E-state index in [0.717, 1.165) is 11.1 Å². The maximum Gasteiger partial charge on any atom is 0.377 e. The molecule has 28 heavy (non-hydrogen) atoms. The number of fused-ring (bicyclic) bond motifs is 1. The van der Waals surface area contributed by atoms with Crippen molar-refractivity contribution in [1.82, 2.24) is 13.7 Å². The molecule has 0 spiro atoms. The number of imidazole rings is 1. The second-order valence-corrected chi connectivity index (χ2v) is 8.54. The summed E-state index contributed by atoms with van der Waals surface area (Å²) in [6.45, 7) is 2.40. The molecule has 0 aromatic carbocycles. The number of anilines is 1. The monoisotopic (exact) mass is 410 g/mol. The third-order valence-corrected chi connectivity index (χ3v) is 5.94. The van der Waals surface area contributed by atoms with Gasteiger partial charge in [-0.25, -0.2) is 18.3 Å². The van der Waals surface area contributed by atoms with Crippen molar-refractivity contribution < 1.29 is 28.5 Å². The van der Waals surface area contributed by atoms with E-state index in [1.165, 1.54) is 15.0 Å². The Labute approximate surface area is 162 Å². The molecule has 0 radical (unpaired) electrons. The molecule has 2 aromatic heterocycles. The average molecular weight is 410 g/mol. The van der Waals surface area contributed by atoms with Gasteiger partial charge in [0.2, 0.25) is 16.4 Å². The fourth-order valence-corrected chi connectivity index (χ4v) is 4.01. The number of nitrogens with zero attached hydrogens (tertiary/aromatic N) is 4. The van der Waals surface area contributed by atoms with Crippen LogP contribution in [0.3, 0.4) is 0 Å². The van der Waals surface area contributed by atoms with Gasteiger partial charge in [-0.05, 0) is 36.1 Å². The molecule has 0 aliphatic carbocycles. The lowest BCUT2D eigenvalue weighted by atomic mass is 10.0. The minimum Gasteiger partial charge on any atom is -0.325 e. The Balaban J connectivity index is 2.08. The summed E-state index contributed by atoms with van der Waals surface area (Å²) in [6, 6.07) is 3.53. The minimum absolute atomic E-state index is 0.0380. The Morgan fingerprint density at radius 2 is 2.04 bits per heavy atom. The summed E-state index contributed by atoms with van der Waals surface area (Å²) in [4.78, 5) is 16.2. The SMILES string of the molecule is CCc1nc2ccc(C3=CCN(S(C)(=O)=O)CC3)cn2c1N(C=O)C(O)(O)O. The molecule has 1 aliphatic heterocycles. The molecule has 0 saturated carbocycles. The topological polar surface area (TPSA) is 136 Å². The van der Waals surface area contributed by atoms with Gasteiger partial charge >= 0.3 is 6.10 Å². The Morgan fingerprint density at radius 1 is 1.32 bits per heavy atom. The maximum atomic E-state index is 11.7. The quantitative estimate of drug-likeness (QED) is 0.431. The predicted molar refractivity (Wildman–Crippen MR) is 102 cm³/mol. The van der Waals surface area contributed by atoms with Crippen LogP contribution in [0.2, 0.25) is 0 Å². The predicted octanol–water partition coefficient (Wildman–Crippen LogP) is -0.504. The number of sulfonamides is 1. The number of aromatic nitrogens is 2. The maximum absolute atomic E-state index is 11.7. The largest absolute Gasteiger partial charge is 0.377 e. The van der Waals surface area contributed by atoms with Gasteiger partial charge in [0, 0.05) is 19.3 Å². The van der Waals surface area contributed by atoms with Gasteiger partial charge in [0.1, 0.15) is 11.5 Å². The smallest absolute Gasteiger partial charge is 0.325 e. The van der Waals surface area contributed by atoms with E-state index in [1.54, 1.807) is 19.2 Å². The Morgan fingerprint density at radius 3 is 2.54 bits per heavy atom. The summed E-state index contributed by atoms with van der Waals surface area (Å²) in [5, 5.41) is 28.6. The van der Waals surface area contributed by atoms with Crippen LogP contribution in [-0.4, -0.2) is 69.3 Å². The van der Waals surface area contributed by atoms with Crippen molar-refractivity contribution in [1.29, 1.82) is 0 Å². The fourth-order valence-electron chi connectivity index (χ4n) is 3.24. The van der Waals surface area contributed by atoms with E-state index in [4.69, 9.17) is 0 Å². The van der Waals surface area contributed by atoms with Crippen LogP contribution in [0.5, 0.6) is 0 Å². The highest BCUT2D eigenvalue weighted by Crippen LogP contribution is 2.29. The van der Waals surface area contributed by atoms with E-state index < -0.39 is 16.1 Å². The van der Waals surface area contributed by atoms with Crippen LogP contribution in [0.4, 0.5) is 5.82 Å². The molecule has 0 fully saturated rings. The molecule has 3 heterocycles. The first-order valence-electron chi connectivity index (χ1n) is 8.63. The standard InChI is InChI=1S/C17H22N4O6S/c1-3-14-16(21(11-22)17(23,24)25)20-10-13(4-5-15(20)18-14)12-6-8-19(9-7-12)28(2,26)27/h4-6,10-11,23-25H,3,7-9H2,1-2H3. The summed E-state index contributed by atoms with van der Waals surface area (Å²) >= 11 is 0. The molecule has 3 N–H and O–H groups in total. The summed E-state index contributed by atoms with van der Waals surface area (Å²) in [5.74, 6) is 0.0380. The number of rotatable bonds is 6. The zero-order valence-electron chi connectivity index (χ0n) is 15.5. The lowest BCUT2D eigenvalue weighted by Crippen LogP contribution is -2.49. The molecule has 3 rings (SSSR count). The molecule has 11 heteroatoms. The van der Waals surface area contributed by atoms with Crippen molar-refractivity contribution in [2.45, 2.75) is 25.9 Å². The highest BCUT2D eigenvalue weighted by molar-refractivity contribution is 7.88. The van der Waals surface area contributed by atoms with Crippen molar-refractivity contribution in [3.63, 3.8) is 0 Å². The van der Waals surface area contributed by atoms with Crippen LogP contribution in [0.1, 0.15) is 24.6 Å². The molecule has 2 aromatic rings. The molecule has 10 nitrogen and oxygen atoms in total. The van der Waals surface area contributed by atoms with Crippen molar-refractivity contribution in [2.75, 3.05) is 24.2 Å². The molecule has 1 aliphatic rings. The Bertz CT molecular complexity index is 1040. The fraction of sp³-hybridized carbons (Fsp3) is 0.412. The summed E-state index contributed by atoms with van der Waals surface area (Å²) in [7, 11) is -3.26. The van der Waals surface area contributed by atoms with Gasteiger partial charge in [0.05, 0.1) is 11.9 Å². The van der Waals surface area contributed by atoms with Crippen LogP contribution < -0.4 is 4.90 Å². The summed E-state index contributed by atoms with van der Waals surface area (Å²) in [5.41, 5.74) is 2.54. The minimum atomic E-state index is -3.38. The average Bonchev–Trinajstić information content (AvgIpc) is 2.98. The molecule has 0 atom stereocenters. The van der Waals surface area contributed by atoms with Gasteiger partial charge in [-0.1, -0.05) is 13.0 Å². The van der Waals surface area contributed by atoms with E-state index in [2.05, 4.69) is 4.98 Å². The van der Waals surface area contributed by atoms with Crippen LogP contribution in [0.15, 0.2) is 24.4 Å². The Hall–Kier alpha value is -2.31. The number of aliphatic hydroxyl groups is 3. The number of hydrogen-bond acceptors (Lipinski definition) is 7. The third-order valence-electron chi connectivity index (χ3n) is 4.67. The third kappa shape index (κ3) is 3.80. The number of carbonyl (C=O) groups excluding carboxylic acids is 1. The normalized spacial score (nSPS) is 16.2. The van der Waals surface area contributed by atoms with E-state index >= 15 is 0 Å². The van der Waals surface area contributed by atoms with Crippen LogP contribution in [-0.2, 0) is 21.2 Å². The van der Waals surface area contributed by atoms with Crippen LogP contribution in [0, 0.1) is 0 Å². The van der Waals surface area contributed by atoms with Gasteiger partial charge in [0.15, 0.2) is 0 Å². The van der Waals surface area contributed by atoms with Gasteiger partial charge in [-0.3, -0.25) is 9.20 Å². The van der Waals surface area contributed by atoms with E-state index in [0.29, 0.717) is 35.6 Å². The highest BCUT2D eigenvalue weighted by atomic mass is 32.2. The number of aryl methyl sites for hydroxylation is 1. The molecule has 152 valence electrons. The number of carbonyl (C=O) groups is 1. The van der Waals surface area contributed by atoms with Crippen molar-refractivity contribution >= 4 is 33.5 Å². The summed E-state index contributed by atoms with van der Waals surface area (Å²) in [6.07, 6.45) is 2.27. The second kappa shape index (κ2) is 7.26. The first-order valence-corrected chi connectivity index (χ1v) is 10.5. The van der Waals surface area contributed by atoms with Crippen molar-refractivity contribution in [3.8, 4) is 0 Å². The van der Waals surface area contributed by atoms with Crippen molar-refractivity contribution in [3.05, 3.63) is 35.7 Å². The first kappa shape index (κ1) is 20.4. The molecule has 1 amide bonds. The van der Waals surface area contributed by atoms with Gasteiger partial charge < -0.3 is 15.3 Å². The van der Waals surface area contributed by atoms with Gasteiger partial charge in [-0.2, -0.15) is 4.31 Å². The van der Waals surface area contributed by atoms with Crippen LogP contribution in [0.25, 0.3) is 11.2 Å². The van der Waals surface area contributed by atoms with Gasteiger partial charge in [0.25, 0.3) is 0 Å². The van der Waals surface area contributed by atoms with Crippen molar-refractivity contribution in [2.24, 2.45) is 0 Å². The number of hydrogen-bond donors (Lipinski definition) is 3. The summed E-state index contributed by atoms with van der Waals surface area (Å²) < 4.78 is 26.2. The zero-order valence-corrected chi connectivity index (χ0v) is 16.3. The van der Waals surface area contributed by atoms with E-state index in [-0.39, 0.29) is 18.8 Å².